The van der Waals surface area contributed by atoms with Gasteiger partial charge in [-0.15, -0.1) is 0 Å². The molecule has 1 amide bonds. The molecule has 4 heteroatoms. The van der Waals surface area contributed by atoms with Gasteiger partial charge in [-0.1, -0.05) is 25.1 Å². The van der Waals surface area contributed by atoms with Gasteiger partial charge in [-0.3, -0.25) is 9.59 Å². The smallest absolute Gasteiger partial charge is 0.257 e. The average Bonchev–Trinajstić information content (AvgIpc) is 2.41. The first kappa shape index (κ1) is 13.1. The lowest BCUT2D eigenvalue weighted by molar-refractivity contribution is 0.102. The fraction of sp³-hybridized carbons (Fsp3) is 0.200. The SMILES string of the molecule is CCc1cccc(C)c1NC(=O)c1ccc(=O)[nH]c1. The van der Waals surface area contributed by atoms with Crippen LogP contribution >= 0.6 is 0 Å². The molecule has 0 fully saturated rings. The average molecular weight is 256 g/mol. The highest BCUT2D eigenvalue weighted by Gasteiger charge is 2.10. The van der Waals surface area contributed by atoms with E-state index in [9.17, 15) is 9.59 Å². The molecule has 19 heavy (non-hydrogen) atoms. The second-order valence-corrected chi connectivity index (χ2v) is 4.36. The Bertz CT molecular complexity index is 639. The zero-order valence-corrected chi connectivity index (χ0v) is 11.0. The van der Waals surface area contributed by atoms with Crippen LogP contribution in [0.3, 0.4) is 0 Å². The number of aromatic nitrogens is 1. The minimum atomic E-state index is -0.222. The quantitative estimate of drug-likeness (QED) is 0.886. The Morgan fingerprint density at radius 3 is 2.68 bits per heavy atom. The summed E-state index contributed by atoms with van der Waals surface area (Å²) in [5.41, 5.74) is 3.18. The Labute approximate surface area is 111 Å². The molecule has 2 aromatic rings. The molecule has 4 nitrogen and oxygen atoms in total. The maximum atomic E-state index is 12.1. The number of anilines is 1. The highest BCUT2D eigenvalue weighted by molar-refractivity contribution is 6.04. The van der Waals surface area contributed by atoms with Crippen LogP contribution in [0, 0.1) is 6.92 Å². The molecule has 0 saturated heterocycles. The molecule has 1 aromatic carbocycles. The Morgan fingerprint density at radius 2 is 2.05 bits per heavy atom. The number of carbonyl (C=O) groups is 1. The molecule has 0 saturated carbocycles. The number of aryl methyl sites for hydroxylation is 2. The Morgan fingerprint density at radius 1 is 1.26 bits per heavy atom. The van der Waals surface area contributed by atoms with E-state index in [1.165, 1.54) is 18.3 Å². The first-order chi connectivity index (χ1) is 9.11. The molecular weight excluding hydrogens is 240 g/mol. The van der Waals surface area contributed by atoms with Gasteiger partial charge in [0.15, 0.2) is 0 Å². The van der Waals surface area contributed by atoms with Gasteiger partial charge >= 0.3 is 0 Å². The van der Waals surface area contributed by atoms with Crippen LogP contribution in [0.1, 0.15) is 28.4 Å². The van der Waals surface area contributed by atoms with E-state index in [2.05, 4.69) is 10.3 Å². The van der Waals surface area contributed by atoms with Crippen molar-refractivity contribution in [2.45, 2.75) is 20.3 Å². The van der Waals surface area contributed by atoms with Crippen LogP contribution in [0.15, 0.2) is 41.3 Å². The summed E-state index contributed by atoms with van der Waals surface area (Å²) in [6.07, 6.45) is 2.27. The summed E-state index contributed by atoms with van der Waals surface area (Å²) < 4.78 is 0. The lowest BCUT2D eigenvalue weighted by atomic mass is 10.1. The van der Waals surface area contributed by atoms with Crippen molar-refractivity contribution in [3.05, 3.63) is 63.6 Å². The fourth-order valence-electron chi connectivity index (χ4n) is 1.94. The fourth-order valence-corrected chi connectivity index (χ4v) is 1.94. The molecule has 0 aliphatic heterocycles. The number of nitrogens with one attached hydrogen (secondary N) is 2. The Hall–Kier alpha value is -2.36. The molecule has 1 heterocycles. The van der Waals surface area contributed by atoms with Crippen LogP contribution in [-0.2, 0) is 6.42 Å². The van der Waals surface area contributed by atoms with Gasteiger partial charge in [0.2, 0.25) is 5.56 Å². The number of amides is 1. The molecule has 1 aromatic heterocycles. The van der Waals surface area contributed by atoms with Crippen molar-refractivity contribution in [2.24, 2.45) is 0 Å². The van der Waals surface area contributed by atoms with E-state index >= 15 is 0 Å². The number of benzene rings is 1. The maximum absolute atomic E-state index is 12.1. The number of para-hydroxylation sites is 1. The molecule has 0 bridgehead atoms. The predicted octanol–water partition coefficient (Wildman–Crippen LogP) is 2.50. The van der Waals surface area contributed by atoms with Crippen molar-refractivity contribution < 1.29 is 4.79 Å². The Kier molecular flexibility index (Phi) is 3.80. The molecule has 2 N–H and O–H groups in total. The number of pyridine rings is 1. The van der Waals surface area contributed by atoms with Crippen LogP contribution < -0.4 is 10.9 Å². The highest BCUT2D eigenvalue weighted by Crippen LogP contribution is 2.21. The van der Waals surface area contributed by atoms with Gasteiger partial charge in [0, 0.05) is 18.0 Å². The third kappa shape index (κ3) is 2.91. The van der Waals surface area contributed by atoms with E-state index in [1.54, 1.807) is 0 Å². The maximum Gasteiger partial charge on any atom is 0.257 e. The van der Waals surface area contributed by atoms with Crippen LogP contribution in [0.25, 0.3) is 0 Å². The van der Waals surface area contributed by atoms with Crippen molar-refractivity contribution in [1.29, 1.82) is 0 Å². The van der Waals surface area contributed by atoms with Gasteiger partial charge in [0.1, 0.15) is 0 Å². The van der Waals surface area contributed by atoms with Crippen LogP contribution in [-0.4, -0.2) is 10.9 Å². The molecule has 0 aliphatic carbocycles. The molecule has 2 rings (SSSR count). The summed E-state index contributed by atoms with van der Waals surface area (Å²) in [7, 11) is 0. The number of hydrogen-bond acceptors (Lipinski definition) is 2. The minimum absolute atomic E-state index is 0.221. The van der Waals surface area contributed by atoms with Crippen molar-refractivity contribution in [2.75, 3.05) is 5.32 Å². The largest absolute Gasteiger partial charge is 0.328 e. The third-order valence-electron chi connectivity index (χ3n) is 3.02. The van der Waals surface area contributed by atoms with Gasteiger partial charge in [-0.05, 0) is 30.5 Å². The lowest BCUT2D eigenvalue weighted by Gasteiger charge is -2.12. The van der Waals surface area contributed by atoms with Gasteiger partial charge in [-0.2, -0.15) is 0 Å². The first-order valence-corrected chi connectivity index (χ1v) is 6.20. The molecule has 0 aliphatic rings. The van der Waals surface area contributed by atoms with Gasteiger partial charge < -0.3 is 10.3 Å². The zero-order valence-electron chi connectivity index (χ0n) is 11.0. The Balaban J connectivity index is 2.28. The van der Waals surface area contributed by atoms with Crippen LogP contribution in [0.4, 0.5) is 5.69 Å². The highest BCUT2D eigenvalue weighted by atomic mass is 16.1. The van der Waals surface area contributed by atoms with Crippen LogP contribution in [0.2, 0.25) is 0 Å². The minimum Gasteiger partial charge on any atom is -0.328 e. The molecular formula is C15H16N2O2. The second kappa shape index (κ2) is 5.52. The van der Waals surface area contributed by atoms with Crippen molar-refractivity contribution in [3.8, 4) is 0 Å². The zero-order chi connectivity index (χ0) is 13.8. The normalized spacial score (nSPS) is 10.2. The topological polar surface area (TPSA) is 62.0 Å². The van der Waals surface area contributed by atoms with Crippen molar-refractivity contribution in [1.82, 2.24) is 4.98 Å². The van der Waals surface area contributed by atoms with E-state index < -0.39 is 0 Å². The molecule has 0 radical (unpaired) electrons. The second-order valence-electron chi connectivity index (χ2n) is 4.36. The predicted molar refractivity (Wildman–Crippen MR) is 75.6 cm³/mol. The first-order valence-electron chi connectivity index (χ1n) is 6.20. The summed E-state index contributed by atoms with van der Waals surface area (Å²) in [4.78, 5) is 25.6. The summed E-state index contributed by atoms with van der Waals surface area (Å²) in [6, 6.07) is 8.78. The van der Waals surface area contributed by atoms with Crippen molar-refractivity contribution >= 4 is 11.6 Å². The molecule has 0 unspecified atom stereocenters. The van der Waals surface area contributed by atoms with Gasteiger partial charge in [0.25, 0.3) is 5.91 Å². The summed E-state index contributed by atoms with van der Waals surface area (Å²) >= 11 is 0. The third-order valence-corrected chi connectivity index (χ3v) is 3.02. The standard InChI is InChI=1S/C15H16N2O2/c1-3-11-6-4-5-10(2)14(11)17-15(19)12-7-8-13(18)16-9-12/h4-9H,3H2,1-2H3,(H,16,18)(H,17,19). The molecule has 0 atom stereocenters. The molecule has 98 valence electrons. The summed E-state index contributed by atoms with van der Waals surface area (Å²) in [6.45, 7) is 4.01. The van der Waals surface area contributed by atoms with Gasteiger partial charge in [0.05, 0.1) is 5.56 Å². The number of hydrogen-bond donors (Lipinski definition) is 2. The summed E-state index contributed by atoms with van der Waals surface area (Å²) in [5, 5.41) is 2.90. The summed E-state index contributed by atoms with van der Waals surface area (Å²) in [5.74, 6) is -0.222. The lowest BCUT2D eigenvalue weighted by Crippen LogP contribution is -2.16. The van der Waals surface area contributed by atoms with Gasteiger partial charge in [-0.25, -0.2) is 0 Å². The van der Waals surface area contributed by atoms with E-state index in [4.69, 9.17) is 0 Å². The van der Waals surface area contributed by atoms with E-state index in [1.807, 2.05) is 32.0 Å². The van der Waals surface area contributed by atoms with Crippen LogP contribution in [0.5, 0.6) is 0 Å². The van der Waals surface area contributed by atoms with E-state index in [0.29, 0.717) is 5.56 Å². The number of carbonyl (C=O) groups excluding carboxylic acids is 1. The van der Waals surface area contributed by atoms with Crippen molar-refractivity contribution in [3.63, 3.8) is 0 Å². The number of H-pyrrole nitrogens is 1. The van der Waals surface area contributed by atoms with E-state index in [-0.39, 0.29) is 11.5 Å². The molecule has 0 spiro atoms. The monoisotopic (exact) mass is 256 g/mol. The number of aromatic amines is 1. The van der Waals surface area contributed by atoms with E-state index in [0.717, 1.165) is 23.2 Å². The number of rotatable bonds is 3.